The molecular formula is C19H19N5OS2. The lowest BCUT2D eigenvalue weighted by Crippen LogP contribution is -2.15. The van der Waals surface area contributed by atoms with E-state index in [1.54, 1.807) is 23.1 Å². The maximum absolute atomic E-state index is 12.8. The van der Waals surface area contributed by atoms with Crippen LogP contribution in [-0.2, 0) is 12.8 Å². The van der Waals surface area contributed by atoms with Gasteiger partial charge in [0.25, 0.3) is 5.56 Å². The molecule has 5 rings (SSSR count). The van der Waals surface area contributed by atoms with E-state index < -0.39 is 0 Å². The normalized spacial score (nSPS) is 18.1. The van der Waals surface area contributed by atoms with Crippen LogP contribution >= 0.6 is 23.1 Å². The van der Waals surface area contributed by atoms with Crippen LogP contribution in [-0.4, -0.2) is 24.6 Å². The summed E-state index contributed by atoms with van der Waals surface area (Å²) in [5.41, 5.74) is 2.02. The molecule has 1 aliphatic carbocycles. The van der Waals surface area contributed by atoms with Crippen molar-refractivity contribution in [3.8, 4) is 0 Å². The third kappa shape index (κ3) is 2.87. The van der Waals surface area contributed by atoms with Crippen LogP contribution in [0.3, 0.4) is 0 Å². The molecule has 0 amide bonds. The van der Waals surface area contributed by atoms with E-state index in [1.165, 1.54) is 10.4 Å². The number of rotatable bonds is 3. The van der Waals surface area contributed by atoms with Crippen molar-refractivity contribution in [2.24, 2.45) is 5.92 Å². The summed E-state index contributed by atoms with van der Waals surface area (Å²) in [5.74, 6) is 1.37. The van der Waals surface area contributed by atoms with Crippen molar-refractivity contribution in [1.82, 2.24) is 24.6 Å². The molecule has 6 nitrogen and oxygen atoms in total. The summed E-state index contributed by atoms with van der Waals surface area (Å²) in [7, 11) is 0. The Bertz CT molecular complexity index is 1210. The van der Waals surface area contributed by atoms with Gasteiger partial charge in [0.05, 0.1) is 10.6 Å². The van der Waals surface area contributed by atoms with Crippen molar-refractivity contribution in [2.45, 2.75) is 43.5 Å². The van der Waals surface area contributed by atoms with Gasteiger partial charge in [0.2, 0.25) is 0 Å². The smallest absolute Gasteiger partial charge is 0.259 e. The fourth-order valence-corrected chi connectivity index (χ4v) is 5.96. The van der Waals surface area contributed by atoms with Crippen LogP contribution in [0.4, 0.5) is 0 Å². The first kappa shape index (κ1) is 16.9. The molecule has 0 saturated heterocycles. The molecule has 8 heteroatoms. The van der Waals surface area contributed by atoms with Gasteiger partial charge in [0.15, 0.2) is 10.8 Å². The Kier molecular flexibility index (Phi) is 4.05. The molecule has 0 spiro atoms. The number of thiophene rings is 1. The lowest BCUT2D eigenvalue weighted by Gasteiger charge is -2.17. The number of H-pyrrole nitrogens is 1. The predicted molar refractivity (Wildman–Crippen MR) is 109 cm³/mol. The molecule has 138 valence electrons. The molecule has 2 unspecified atom stereocenters. The Balaban J connectivity index is 1.52. The number of pyridine rings is 1. The van der Waals surface area contributed by atoms with Crippen LogP contribution < -0.4 is 5.56 Å². The fraction of sp³-hybridized carbons (Fsp3) is 0.368. The molecule has 0 aliphatic heterocycles. The molecule has 0 fully saturated rings. The highest BCUT2D eigenvalue weighted by atomic mass is 32.2. The number of fused-ring (bicyclic) bond motifs is 4. The zero-order valence-corrected chi connectivity index (χ0v) is 16.7. The molecule has 4 heterocycles. The number of hydrogen-bond acceptors (Lipinski definition) is 6. The first-order valence-corrected chi connectivity index (χ1v) is 10.8. The van der Waals surface area contributed by atoms with Gasteiger partial charge in [-0.2, -0.15) is 0 Å². The molecule has 27 heavy (non-hydrogen) atoms. The minimum atomic E-state index is -0.0345. The van der Waals surface area contributed by atoms with Crippen molar-refractivity contribution < 1.29 is 0 Å². The number of hydrogen-bond donors (Lipinski definition) is 1. The summed E-state index contributed by atoms with van der Waals surface area (Å²) >= 11 is 3.23. The van der Waals surface area contributed by atoms with E-state index in [9.17, 15) is 4.79 Å². The summed E-state index contributed by atoms with van der Waals surface area (Å²) in [6.07, 6.45) is 5.13. The second-order valence-corrected chi connectivity index (χ2v) is 9.55. The molecule has 0 saturated carbocycles. The fourth-order valence-electron chi connectivity index (χ4n) is 3.67. The van der Waals surface area contributed by atoms with E-state index in [-0.39, 0.29) is 10.8 Å². The molecule has 4 aromatic rings. The molecular weight excluding hydrogens is 378 g/mol. The molecule has 4 aromatic heterocycles. The molecule has 2 atom stereocenters. The Hall–Kier alpha value is -2.19. The van der Waals surface area contributed by atoms with Gasteiger partial charge in [0.1, 0.15) is 10.7 Å². The van der Waals surface area contributed by atoms with Crippen molar-refractivity contribution in [1.29, 1.82) is 0 Å². The average Bonchev–Trinajstić information content (AvgIpc) is 3.22. The lowest BCUT2D eigenvalue weighted by molar-refractivity contribution is 0.509. The minimum absolute atomic E-state index is 0.0133. The van der Waals surface area contributed by atoms with Gasteiger partial charge in [-0.1, -0.05) is 24.8 Å². The summed E-state index contributed by atoms with van der Waals surface area (Å²) in [5, 5.41) is 10.0. The van der Waals surface area contributed by atoms with Crippen LogP contribution in [0.2, 0.25) is 0 Å². The third-order valence-electron chi connectivity index (χ3n) is 5.13. The zero-order valence-electron chi connectivity index (χ0n) is 15.1. The quantitative estimate of drug-likeness (QED) is 0.529. The van der Waals surface area contributed by atoms with E-state index in [2.05, 4.69) is 22.1 Å². The van der Waals surface area contributed by atoms with Gasteiger partial charge < -0.3 is 4.98 Å². The van der Waals surface area contributed by atoms with Gasteiger partial charge in [-0.3, -0.25) is 9.20 Å². The monoisotopic (exact) mass is 397 g/mol. The number of nitrogens with one attached hydrogen (secondary N) is 1. The van der Waals surface area contributed by atoms with Gasteiger partial charge in [-0.05, 0) is 49.8 Å². The van der Waals surface area contributed by atoms with Crippen LogP contribution in [0, 0.1) is 5.92 Å². The molecule has 0 bridgehead atoms. The molecule has 0 aromatic carbocycles. The number of nitrogens with zero attached hydrogens (tertiary/aromatic N) is 4. The highest BCUT2D eigenvalue weighted by Crippen LogP contribution is 2.37. The maximum Gasteiger partial charge on any atom is 0.259 e. The average molecular weight is 398 g/mol. The van der Waals surface area contributed by atoms with Gasteiger partial charge in [0, 0.05) is 11.1 Å². The second kappa shape index (κ2) is 6.45. The number of aryl methyl sites for hydroxylation is 1. The van der Waals surface area contributed by atoms with Crippen LogP contribution in [0.1, 0.15) is 41.8 Å². The molecule has 1 N–H and O–H groups in total. The SMILES string of the molecule is CC1CCc2c(sc3nc(C(C)Sc4nnc5ccccn45)[nH]c(=O)c23)C1. The minimum Gasteiger partial charge on any atom is -0.309 e. The zero-order chi connectivity index (χ0) is 18.5. The van der Waals surface area contributed by atoms with Crippen LogP contribution in [0.5, 0.6) is 0 Å². The van der Waals surface area contributed by atoms with E-state index in [4.69, 9.17) is 4.98 Å². The Morgan fingerprint density at radius 2 is 2.26 bits per heavy atom. The van der Waals surface area contributed by atoms with E-state index in [0.717, 1.165) is 40.3 Å². The molecule has 1 aliphatic rings. The summed E-state index contributed by atoms with van der Waals surface area (Å²) in [6, 6.07) is 5.81. The van der Waals surface area contributed by atoms with Crippen LogP contribution in [0.25, 0.3) is 15.9 Å². The highest BCUT2D eigenvalue weighted by molar-refractivity contribution is 7.99. The van der Waals surface area contributed by atoms with E-state index >= 15 is 0 Å². The second-order valence-electron chi connectivity index (χ2n) is 7.15. The van der Waals surface area contributed by atoms with E-state index in [1.807, 2.05) is 35.7 Å². The standard InChI is InChI=1S/C19H19N5OS2/c1-10-6-7-12-13(9-10)27-18-15(12)17(25)20-16(21-18)11(2)26-19-23-22-14-5-3-4-8-24(14)19/h3-5,8,10-11H,6-7,9H2,1-2H3,(H,20,21,25). The Morgan fingerprint density at radius 3 is 3.15 bits per heavy atom. The van der Waals surface area contributed by atoms with Crippen molar-refractivity contribution >= 4 is 39.0 Å². The van der Waals surface area contributed by atoms with Crippen molar-refractivity contribution in [2.75, 3.05) is 0 Å². The Morgan fingerprint density at radius 1 is 1.37 bits per heavy atom. The van der Waals surface area contributed by atoms with E-state index in [0.29, 0.717) is 11.7 Å². The number of aromatic nitrogens is 5. The first-order chi connectivity index (χ1) is 13.1. The largest absolute Gasteiger partial charge is 0.309 e. The number of thioether (sulfide) groups is 1. The van der Waals surface area contributed by atoms with Crippen molar-refractivity contribution in [3.63, 3.8) is 0 Å². The van der Waals surface area contributed by atoms with Crippen molar-refractivity contribution in [3.05, 3.63) is 51.0 Å². The third-order valence-corrected chi connectivity index (χ3v) is 7.35. The summed E-state index contributed by atoms with van der Waals surface area (Å²) in [4.78, 5) is 22.8. The van der Waals surface area contributed by atoms with Gasteiger partial charge in [-0.15, -0.1) is 21.5 Å². The maximum atomic E-state index is 12.8. The van der Waals surface area contributed by atoms with Gasteiger partial charge in [-0.25, -0.2) is 4.98 Å². The predicted octanol–water partition coefficient (Wildman–Crippen LogP) is 4.01. The Labute approximate surface area is 164 Å². The summed E-state index contributed by atoms with van der Waals surface area (Å²) in [6.45, 7) is 4.31. The summed E-state index contributed by atoms with van der Waals surface area (Å²) < 4.78 is 1.95. The number of aromatic amines is 1. The lowest BCUT2D eigenvalue weighted by atomic mass is 9.89. The molecule has 0 radical (unpaired) electrons. The topological polar surface area (TPSA) is 75.9 Å². The van der Waals surface area contributed by atoms with Gasteiger partial charge >= 0.3 is 0 Å². The highest BCUT2D eigenvalue weighted by Gasteiger charge is 2.24. The first-order valence-electron chi connectivity index (χ1n) is 9.11. The van der Waals surface area contributed by atoms with Crippen LogP contribution in [0.15, 0.2) is 34.3 Å².